The summed E-state index contributed by atoms with van der Waals surface area (Å²) in [6.45, 7) is 7.14. The van der Waals surface area contributed by atoms with Crippen molar-refractivity contribution >= 4 is 5.69 Å². The van der Waals surface area contributed by atoms with Crippen LogP contribution in [0.3, 0.4) is 0 Å². The third kappa shape index (κ3) is 4.43. The van der Waals surface area contributed by atoms with Crippen molar-refractivity contribution in [1.82, 2.24) is 15.1 Å². The summed E-state index contributed by atoms with van der Waals surface area (Å²) in [4.78, 5) is 4.57. The summed E-state index contributed by atoms with van der Waals surface area (Å²) in [5, 5.41) is 12.2. The quantitative estimate of drug-likeness (QED) is 0.665. The molecule has 1 aromatic carbocycles. The molecule has 0 unspecified atom stereocenters. The summed E-state index contributed by atoms with van der Waals surface area (Å²) in [6.07, 6.45) is 5.28. The van der Waals surface area contributed by atoms with Gasteiger partial charge in [0, 0.05) is 25.0 Å². The normalized spacial score (nSPS) is 14.4. The van der Waals surface area contributed by atoms with Crippen LogP contribution >= 0.6 is 0 Å². The molecule has 0 aliphatic carbocycles. The van der Waals surface area contributed by atoms with Gasteiger partial charge in [0.1, 0.15) is 0 Å². The first-order valence-electron chi connectivity index (χ1n) is 7.06. The largest absolute Gasteiger partial charge is 0.358 e. The van der Waals surface area contributed by atoms with Crippen LogP contribution in [0.4, 0.5) is 5.69 Å². The fourth-order valence-corrected chi connectivity index (χ4v) is 2.08. The van der Waals surface area contributed by atoms with Crippen molar-refractivity contribution in [3.63, 3.8) is 0 Å². The number of benzene rings is 1. The number of hydrogen-bond donors (Lipinski definition) is 3. The summed E-state index contributed by atoms with van der Waals surface area (Å²) in [7, 11) is 0. The zero-order chi connectivity index (χ0) is 14.4. The van der Waals surface area contributed by atoms with Gasteiger partial charge in [-0.25, -0.2) is 0 Å². The zero-order valence-electron chi connectivity index (χ0n) is 12.2. The van der Waals surface area contributed by atoms with Crippen LogP contribution in [0, 0.1) is 0 Å². The van der Waals surface area contributed by atoms with E-state index in [0.717, 1.165) is 32.0 Å². The van der Waals surface area contributed by atoms with E-state index in [2.05, 4.69) is 46.8 Å². The predicted octanol–water partition coefficient (Wildman–Crippen LogP) is 2.03. The van der Waals surface area contributed by atoms with Crippen molar-refractivity contribution in [1.29, 1.82) is 0 Å². The highest BCUT2D eigenvalue weighted by molar-refractivity contribution is 5.42. The lowest BCUT2D eigenvalue weighted by molar-refractivity contribution is 0.248. The molecule has 5 heteroatoms. The van der Waals surface area contributed by atoms with Gasteiger partial charge in [0.05, 0.1) is 19.0 Å². The zero-order valence-corrected chi connectivity index (χ0v) is 12.2. The third-order valence-electron chi connectivity index (χ3n) is 3.32. The second-order valence-electron chi connectivity index (χ2n) is 5.42. The van der Waals surface area contributed by atoms with E-state index in [9.17, 15) is 0 Å². The summed E-state index contributed by atoms with van der Waals surface area (Å²) in [5.74, 6) is 0. The van der Waals surface area contributed by atoms with E-state index in [0.29, 0.717) is 6.04 Å². The number of rotatable bonds is 7. The van der Waals surface area contributed by atoms with Crippen LogP contribution in [0.15, 0.2) is 36.7 Å². The van der Waals surface area contributed by atoms with E-state index in [1.807, 2.05) is 24.3 Å². The highest BCUT2D eigenvalue weighted by atomic mass is 16.5. The molecule has 0 amide bonds. The molecular weight excluding hydrogens is 252 g/mol. The van der Waals surface area contributed by atoms with E-state index in [-0.39, 0.29) is 0 Å². The molecular formula is C15H24N4O. The molecule has 5 nitrogen and oxygen atoms in total. The first-order valence-corrected chi connectivity index (χ1v) is 7.06. The molecule has 0 atom stereocenters. The molecule has 0 aromatic heterocycles. The Morgan fingerprint density at radius 3 is 2.50 bits per heavy atom. The topological polar surface area (TPSA) is 50.8 Å². The van der Waals surface area contributed by atoms with Gasteiger partial charge in [0.2, 0.25) is 0 Å². The molecule has 1 aliphatic heterocycles. The van der Waals surface area contributed by atoms with Gasteiger partial charge in [-0.2, -0.15) is 0 Å². The van der Waals surface area contributed by atoms with Gasteiger partial charge in [-0.15, -0.1) is 0 Å². The molecule has 0 spiro atoms. The standard InChI is InChI=1S/C15H24N4O/c1-13(2)16-11-19-10-9-18(12-19)8-7-14-3-5-15(17-20)6-4-14/h3-6,9-10,13,16-17,20H,7-8,11-12H2,1-2H3. The fourth-order valence-electron chi connectivity index (χ4n) is 2.08. The molecule has 1 aliphatic rings. The van der Waals surface area contributed by atoms with Gasteiger partial charge in [-0.3, -0.25) is 16.0 Å². The van der Waals surface area contributed by atoms with Crippen molar-refractivity contribution < 1.29 is 5.21 Å². The number of hydrogen-bond acceptors (Lipinski definition) is 5. The summed E-state index contributed by atoms with van der Waals surface area (Å²) >= 11 is 0. The first-order chi connectivity index (χ1) is 9.67. The van der Waals surface area contributed by atoms with E-state index in [1.165, 1.54) is 5.56 Å². The Morgan fingerprint density at radius 2 is 1.85 bits per heavy atom. The van der Waals surface area contributed by atoms with Crippen molar-refractivity contribution in [2.75, 3.05) is 25.4 Å². The minimum Gasteiger partial charge on any atom is -0.358 e. The van der Waals surface area contributed by atoms with Crippen LogP contribution in [-0.2, 0) is 6.42 Å². The van der Waals surface area contributed by atoms with Gasteiger partial charge in [0.25, 0.3) is 0 Å². The SMILES string of the molecule is CC(C)NCN1C=CN(CCc2ccc(NO)cc2)C1. The fraction of sp³-hybridized carbons (Fsp3) is 0.467. The molecule has 0 bridgehead atoms. The van der Waals surface area contributed by atoms with Crippen LogP contribution in [-0.4, -0.2) is 40.9 Å². The average molecular weight is 276 g/mol. The molecule has 110 valence electrons. The number of nitrogens with zero attached hydrogens (tertiary/aromatic N) is 2. The van der Waals surface area contributed by atoms with Crippen molar-refractivity contribution in [3.8, 4) is 0 Å². The number of anilines is 1. The minimum absolute atomic E-state index is 0.510. The van der Waals surface area contributed by atoms with Crippen LogP contribution in [0.1, 0.15) is 19.4 Å². The van der Waals surface area contributed by atoms with Gasteiger partial charge in [-0.05, 0) is 38.0 Å². The maximum Gasteiger partial charge on any atom is 0.0905 e. The number of nitrogens with one attached hydrogen (secondary N) is 2. The van der Waals surface area contributed by atoms with Gasteiger partial charge in [0.15, 0.2) is 0 Å². The molecule has 3 N–H and O–H groups in total. The molecule has 1 aromatic rings. The minimum atomic E-state index is 0.510. The molecule has 0 saturated carbocycles. The van der Waals surface area contributed by atoms with Crippen LogP contribution in [0.2, 0.25) is 0 Å². The summed E-state index contributed by atoms with van der Waals surface area (Å²) in [5.41, 5.74) is 4.14. The lowest BCUT2D eigenvalue weighted by Gasteiger charge is -2.22. The summed E-state index contributed by atoms with van der Waals surface area (Å²) < 4.78 is 0. The maximum absolute atomic E-state index is 8.77. The Balaban J connectivity index is 1.71. The van der Waals surface area contributed by atoms with E-state index >= 15 is 0 Å². The van der Waals surface area contributed by atoms with Crippen molar-refractivity contribution in [2.45, 2.75) is 26.3 Å². The van der Waals surface area contributed by atoms with Crippen molar-refractivity contribution in [2.24, 2.45) is 0 Å². The Morgan fingerprint density at radius 1 is 1.15 bits per heavy atom. The highest BCUT2D eigenvalue weighted by Gasteiger charge is 2.11. The molecule has 0 saturated heterocycles. The van der Waals surface area contributed by atoms with Crippen molar-refractivity contribution in [3.05, 3.63) is 42.2 Å². The van der Waals surface area contributed by atoms with Crippen LogP contribution in [0.5, 0.6) is 0 Å². The average Bonchev–Trinajstić information content (AvgIpc) is 2.91. The van der Waals surface area contributed by atoms with Gasteiger partial charge < -0.3 is 9.80 Å². The van der Waals surface area contributed by atoms with E-state index < -0.39 is 0 Å². The molecule has 0 fully saturated rings. The maximum atomic E-state index is 8.77. The van der Waals surface area contributed by atoms with Gasteiger partial charge in [-0.1, -0.05) is 12.1 Å². The second kappa shape index (κ2) is 7.17. The first kappa shape index (κ1) is 14.7. The highest BCUT2D eigenvalue weighted by Crippen LogP contribution is 2.11. The predicted molar refractivity (Wildman–Crippen MR) is 81.2 cm³/mol. The Kier molecular flexibility index (Phi) is 5.26. The van der Waals surface area contributed by atoms with Crippen LogP contribution < -0.4 is 10.8 Å². The smallest absolute Gasteiger partial charge is 0.0905 e. The Bertz CT molecular complexity index is 430. The van der Waals surface area contributed by atoms with Crippen LogP contribution in [0.25, 0.3) is 0 Å². The molecule has 1 heterocycles. The monoisotopic (exact) mass is 276 g/mol. The molecule has 20 heavy (non-hydrogen) atoms. The summed E-state index contributed by atoms with van der Waals surface area (Å²) in [6, 6.07) is 8.35. The molecule has 0 radical (unpaired) electrons. The van der Waals surface area contributed by atoms with Gasteiger partial charge >= 0.3 is 0 Å². The Hall–Kier alpha value is -1.72. The Labute approximate surface area is 120 Å². The second-order valence-corrected chi connectivity index (χ2v) is 5.42. The van der Waals surface area contributed by atoms with E-state index in [4.69, 9.17) is 5.21 Å². The lowest BCUT2D eigenvalue weighted by Crippen LogP contribution is -2.36. The molecule has 2 rings (SSSR count). The van der Waals surface area contributed by atoms with E-state index in [1.54, 1.807) is 0 Å². The third-order valence-corrected chi connectivity index (χ3v) is 3.32. The lowest BCUT2D eigenvalue weighted by atomic mass is 10.1.